The number of hydrogen-bond donors (Lipinski definition) is 3. The van der Waals surface area contributed by atoms with Crippen molar-refractivity contribution in [2.24, 2.45) is 29.6 Å². The Kier molecular flexibility index (Phi) is 7.59. The molecule has 190 valence electrons. The average Bonchev–Trinajstić information content (AvgIpc) is 2.85. The lowest BCUT2D eigenvalue weighted by Crippen LogP contribution is -2.41. The number of allylic oxidation sites excluding steroid dienone is 4. The van der Waals surface area contributed by atoms with E-state index in [0.29, 0.717) is 22.8 Å². The maximum absolute atomic E-state index is 13.9. The van der Waals surface area contributed by atoms with Crippen LogP contribution in [0.5, 0.6) is 11.5 Å². The molecule has 0 bridgehead atoms. The van der Waals surface area contributed by atoms with Gasteiger partial charge in [-0.1, -0.05) is 35.9 Å². The molecule has 7 heteroatoms. The number of nitrogens with one attached hydrogen (secondary N) is 1. The number of carbonyl (C=O) groups excluding carboxylic acids is 2. The first-order valence-corrected chi connectivity index (χ1v) is 12.4. The summed E-state index contributed by atoms with van der Waals surface area (Å²) in [6.07, 6.45) is 10.1. The van der Waals surface area contributed by atoms with E-state index in [-0.39, 0.29) is 35.7 Å². The summed E-state index contributed by atoms with van der Waals surface area (Å²) in [5, 5.41) is 20.9. The molecule has 0 spiro atoms. The van der Waals surface area contributed by atoms with E-state index in [0.717, 1.165) is 24.8 Å². The van der Waals surface area contributed by atoms with Gasteiger partial charge in [0, 0.05) is 31.2 Å². The molecule has 1 aromatic heterocycles. The van der Waals surface area contributed by atoms with Crippen LogP contribution in [-0.2, 0) is 4.79 Å². The molecule has 2 aliphatic carbocycles. The quantitative estimate of drug-likeness (QED) is 0.234. The van der Waals surface area contributed by atoms with E-state index < -0.39 is 23.2 Å². The van der Waals surface area contributed by atoms with Crippen LogP contribution in [0.1, 0.15) is 50.4 Å². The average molecular weight is 492 g/mol. The number of hydrogen-bond acceptors (Lipinski definition) is 6. The van der Waals surface area contributed by atoms with Crippen LogP contribution >= 0.6 is 0 Å². The lowest BCUT2D eigenvalue weighted by Gasteiger charge is -2.45. The number of carbonyl (C=O) groups is 2. The number of aromatic hydroxyl groups is 1. The minimum absolute atomic E-state index is 0.129. The number of ketones is 1. The van der Waals surface area contributed by atoms with Crippen LogP contribution in [0.25, 0.3) is 11.1 Å². The molecule has 2 aliphatic rings. The zero-order chi connectivity index (χ0) is 26.0. The minimum atomic E-state index is -0.637. The van der Waals surface area contributed by atoms with Crippen molar-refractivity contribution in [3.05, 3.63) is 70.2 Å². The molecule has 0 aliphatic heterocycles. The van der Waals surface area contributed by atoms with E-state index in [1.54, 1.807) is 24.3 Å². The summed E-state index contributed by atoms with van der Waals surface area (Å²) in [6, 6.07) is 6.46. The van der Waals surface area contributed by atoms with Gasteiger partial charge < -0.3 is 19.9 Å². The largest absolute Gasteiger partial charge is 0.506 e. The van der Waals surface area contributed by atoms with Crippen LogP contribution in [0.3, 0.4) is 0 Å². The van der Waals surface area contributed by atoms with Gasteiger partial charge in [0.25, 0.3) is 5.56 Å². The summed E-state index contributed by atoms with van der Waals surface area (Å²) in [4.78, 5) is 40.5. The van der Waals surface area contributed by atoms with Gasteiger partial charge in [0.1, 0.15) is 17.1 Å². The van der Waals surface area contributed by atoms with Gasteiger partial charge in [-0.05, 0) is 74.5 Å². The Morgan fingerprint density at radius 3 is 2.56 bits per heavy atom. The van der Waals surface area contributed by atoms with Crippen molar-refractivity contribution in [3.8, 4) is 22.6 Å². The predicted molar refractivity (Wildman–Crippen MR) is 137 cm³/mol. The second-order valence-corrected chi connectivity index (χ2v) is 9.91. The molecule has 1 fully saturated rings. The number of fused-ring (bicyclic) bond motifs is 1. The van der Waals surface area contributed by atoms with Gasteiger partial charge in [-0.25, -0.2) is 0 Å². The molecule has 2 aromatic rings. The fraction of sp³-hybridized carbons (Fsp3) is 0.414. The SMILES string of the molecule is C/C=C/[C@@H]1[C@H]2C[C@@H](CO)CC[C@@H]2C(C)=C[C@H]1C(=O)c1c(O)c(-c2ccc(OC(C)=O)cc2)c[nH]c1=O. The Hall–Kier alpha value is -3.45. The van der Waals surface area contributed by atoms with E-state index in [4.69, 9.17) is 4.74 Å². The molecule has 4 rings (SSSR count). The minimum Gasteiger partial charge on any atom is -0.506 e. The zero-order valence-corrected chi connectivity index (χ0v) is 20.9. The van der Waals surface area contributed by atoms with Crippen LogP contribution in [0, 0.1) is 29.6 Å². The van der Waals surface area contributed by atoms with Crippen molar-refractivity contribution < 1.29 is 24.5 Å². The highest BCUT2D eigenvalue weighted by Gasteiger charge is 2.44. The van der Waals surface area contributed by atoms with Crippen LogP contribution in [0.15, 0.2) is 59.1 Å². The van der Waals surface area contributed by atoms with E-state index in [1.165, 1.54) is 13.1 Å². The van der Waals surface area contributed by atoms with Crippen LogP contribution in [0.2, 0.25) is 0 Å². The van der Waals surface area contributed by atoms with Crippen molar-refractivity contribution >= 4 is 11.8 Å². The third-order valence-electron chi connectivity index (χ3n) is 7.66. The molecule has 0 unspecified atom stereocenters. The number of benzene rings is 1. The van der Waals surface area contributed by atoms with Gasteiger partial charge in [0.05, 0.1) is 0 Å². The fourth-order valence-corrected chi connectivity index (χ4v) is 5.98. The Morgan fingerprint density at radius 1 is 1.19 bits per heavy atom. The second kappa shape index (κ2) is 10.7. The van der Waals surface area contributed by atoms with E-state index in [2.05, 4.69) is 4.98 Å². The molecule has 0 radical (unpaired) electrons. The molecule has 5 atom stereocenters. The number of aliphatic hydroxyl groups excluding tert-OH is 1. The Morgan fingerprint density at radius 2 is 1.92 bits per heavy atom. The molecule has 36 heavy (non-hydrogen) atoms. The highest BCUT2D eigenvalue weighted by Crippen LogP contribution is 2.49. The summed E-state index contributed by atoms with van der Waals surface area (Å²) < 4.78 is 5.06. The molecule has 3 N–H and O–H groups in total. The topological polar surface area (TPSA) is 117 Å². The summed E-state index contributed by atoms with van der Waals surface area (Å²) in [7, 11) is 0. The molecule has 0 amide bonds. The first-order chi connectivity index (χ1) is 17.2. The van der Waals surface area contributed by atoms with Crippen LogP contribution in [0.4, 0.5) is 0 Å². The number of esters is 1. The predicted octanol–water partition coefficient (Wildman–Crippen LogP) is 4.65. The molecular weight excluding hydrogens is 458 g/mol. The maximum Gasteiger partial charge on any atom is 0.308 e. The molecule has 1 saturated carbocycles. The lowest BCUT2D eigenvalue weighted by atomic mass is 9.59. The first kappa shape index (κ1) is 25.6. The lowest BCUT2D eigenvalue weighted by molar-refractivity contribution is -0.131. The van der Waals surface area contributed by atoms with E-state index in [1.807, 2.05) is 32.1 Å². The van der Waals surface area contributed by atoms with Gasteiger partial charge in [-0.3, -0.25) is 14.4 Å². The number of pyridine rings is 1. The number of ether oxygens (including phenoxy) is 1. The zero-order valence-electron chi connectivity index (χ0n) is 20.9. The fourth-order valence-electron chi connectivity index (χ4n) is 5.98. The van der Waals surface area contributed by atoms with Crippen molar-refractivity contribution in [2.45, 2.75) is 40.0 Å². The molecular formula is C29H33NO6. The van der Waals surface area contributed by atoms with Gasteiger partial charge >= 0.3 is 5.97 Å². The van der Waals surface area contributed by atoms with E-state index in [9.17, 15) is 24.6 Å². The van der Waals surface area contributed by atoms with Crippen molar-refractivity contribution in [1.82, 2.24) is 4.98 Å². The number of Topliss-reactive ketones (excluding diaryl/α,β-unsaturated/α-hetero) is 1. The van der Waals surface area contributed by atoms with Gasteiger partial charge in [0.2, 0.25) is 0 Å². The second-order valence-electron chi connectivity index (χ2n) is 9.91. The maximum atomic E-state index is 13.9. The van der Waals surface area contributed by atoms with Crippen LogP contribution < -0.4 is 10.3 Å². The third-order valence-corrected chi connectivity index (χ3v) is 7.66. The van der Waals surface area contributed by atoms with Crippen LogP contribution in [-0.4, -0.2) is 33.6 Å². The number of aliphatic hydroxyl groups is 1. The summed E-state index contributed by atoms with van der Waals surface area (Å²) in [5.41, 5.74) is 1.10. The number of aromatic nitrogens is 1. The first-order valence-electron chi connectivity index (χ1n) is 12.4. The smallest absolute Gasteiger partial charge is 0.308 e. The third kappa shape index (κ3) is 4.93. The summed E-state index contributed by atoms with van der Waals surface area (Å²) in [5.74, 6) is -0.866. The van der Waals surface area contributed by atoms with Crippen molar-refractivity contribution in [2.75, 3.05) is 6.61 Å². The molecule has 1 aromatic carbocycles. The highest BCUT2D eigenvalue weighted by molar-refractivity contribution is 6.03. The summed E-state index contributed by atoms with van der Waals surface area (Å²) >= 11 is 0. The normalized spacial score (nSPS) is 25.8. The van der Waals surface area contributed by atoms with Gasteiger partial charge in [-0.2, -0.15) is 0 Å². The summed E-state index contributed by atoms with van der Waals surface area (Å²) in [6.45, 7) is 5.39. The standard InChI is InChI=1S/C29H33NO6/c1-4-5-22-23-13-18(15-31)6-11-21(23)16(2)12-24(22)27(33)26-28(34)25(14-30-29(26)35)19-7-9-20(10-8-19)36-17(3)32/h4-5,7-10,12,14,18,21-24,31H,6,11,13,15H2,1-3H3,(H2,30,34,35)/b5-4+/t18-,21+,22+,23-,24+/m0/s1. The molecule has 0 saturated heterocycles. The Balaban J connectivity index is 1.73. The number of rotatable bonds is 6. The number of H-pyrrole nitrogens is 1. The van der Waals surface area contributed by atoms with Gasteiger partial charge in [0.15, 0.2) is 5.78 Å². The highest BCUT2D eigenvalue weighted by atomic mass is 16.5. The van der Waals surface area contributed by atoms with Crippen molar-refractivity contribution in [1.29, 1.82) is 0 Å². The number of aromatic amines is 1. The molecule has 1 heterocycles. The monoisotopic (exact) mass is 491 g/mol. The molecule has 7 nitrogen and oxygen atoms in total. The van der Waals surface area contributed by atoms with E-state index >= 15 is 0 Å². The van der Waals surface area contributed by atoms with Gasteiger partial charge in [-0.15, -0.1) is 0 Å². The van der Waals surface area contributed by atoms with Crippen molar-refractivity contribution in [3.63, 3.8) is 0 Å². The Bertz CT molecular complexity index is 1260. The Labute approximate surface area is 210 Å².